The predicted molar refractivity (Wildman–Crippen MR) is 153 cm³/mol. The molecule has 3 fully saturated rings. The van der Waals surface area contributed by atoms with Gasteiger partial charge in [-0.25, -0.2) is 0 Å². The van der Waals surface area contributed by atoms with Crippen LogP contribution in [0.25, 0.3) is 0 Å². The van der Waals surface area contributed by atoms with Crippen molar-refractivity contribution in [3.8, 4) is 0 Å². The van der Waals surface area contributed by atoms with Gasteiger partial charge in [0.25, 0.3) is 0 Å². The van der Waals surface area contributed by atoms with Crippen LogP contribution in [0.1, 0.15) is 119 Å². The minimum absolute atomic E-state index is 0.235. The Bertz CT molecular complexity index is 841. The van der Waals surface area contributed by atoms with E-state index in [1.165, 1.54) is 31.3 Å². The number of rotatable bonds is 10. The van der Waals surface area contributed by atoms with E-state index in [0.717, 1.165) is 49.7 Å². The van der Waals surface area contributed by atoms with E-state index in [4.69, 9.17) is 0 Å². The summed E-state index contributed by atoms with van der Waals surface area (Å²) >= 11 is 0. The van der Waals surface area contributed by atoms with Gasteiger partial charge in [0, 0.05) is 6.42 Å². The van der Waals surface area contributed by atoms with Gasteiger partial charge in [0.15, 0.2) is 0 Å². The molecule has 3 aliphatic rings. The highest BCUT2D eigenvalue weighted by atomic mass is 16.3. The van der Waals surface area contributed by atoms with E-state index in [9.17, 15) is 20.4 Å². The van der Waals surface area contributed by atoms with Crippen LogP contribution in [0.3, 0.4) is 0 Å². The fourth-order valence-corrected chi connectivity index (χ4v) is 8.08. The molecule has 0 aliphatic heterocycles. The Morgan fingerprint density at radius 3 is 2.30 bits per heavy atom. The van der Waals surface area contributed by atoms with Crippen molar-refractivity contribution < 1.29 is 20.4 Å². The van der Waals surface area contributed by atoms with E-state index in [2.05, 4.69) is 32.6 Å². The van der Waals surface area contributed by atoms with Crippen molar-refractivity contribution in [1.29, 1.82) is 0 Å². The van der Waals surface area contributed by atoms with Gasteiger partial charge in [0.1, 0.15) is 0 Å². The average molecular weight is 517 g/mol. The zero-order valence-electron chi connectivity index (χ0n) is 24.6. The molecular weight excluding hydrogens is 460 g/mol. The van der Waals surface area contributed by atoms with Crippen molar-refractivity contribution in [2.45, 2.75) is 142 Å². The second-order valence-electron chi connectivity index (χ2n) is 14.3. The van der Waals surface area contributed by atoms with E-state index in [0.29, 0.717) is 36.5 Å². The minimum atomic E-state index is -0.647. The molecule has 0 aromatic heterocycles. The van der Waals surface area contributed by atoms with Crippen LogP contribution in [0.2, 0.25) is 0 Å². The monoisotopic (exact) mass is 516 g/mol. The van der Waals surface area contributed by atoms with Crippen molar-refractivity contribution >= 4 is 0 Å². The largest absolute Gasteiger partial charge is 0.393 e. The third-order valence-corrected chi connectivity index (χ3v) is 10.2. The molecule has 0 bridgehead atoms. The molecule has 0 radical (unpaired) electrons. The van der Waals surface area contributed by atoms with Crippen LogP contribution in [0.15, 0.2) is 35.5 Å². The molecule has 212 valence electrons. The lowest BCUT2D eigenvalue weighted by atomic mass is 9.54. The van der Waals surface area contributed by atoms with Gasteiger partial charge in [-0.05, 0) is 119 Å². The molecule has 4 N–H and O–H groups in total. The summed E-state index contributed by atoms with van der Waals surface area (Å²) in [6.07, 6.45) is 15.2. The molecule has 0 spiro atoms. The van der Waals surface area contributed by atoms with Crippen LogP contribution in [-0.2, 0) is 0 Å². The van der Waals surface area contributed by atoms with Crippen LogP contribution in [-0.4, -0.2) is 43.8 Å². The summed E-state index contributed by atoms with van der Waals surface area (Å²) in [5.41, 5.74) is 2.31. The van der Waals surface area contributed by atoms with Crippen molar-refractivity contribution in [2.75, 3.05) is 0 Å². The second-order valence-corrected chi connectivity index (χ2v) is 14.3. The summed E-state index contributed by atoms with van der Waals surface area (Å²) in [6, 6.07) is 0. The molecule has 3 rings (SSSR count). The molecule has 0 saturated heterocycles. The Balaban J connectivity index is 1.83. The number of allylic oxidation sites excluding steroid dienone is 3. The first kappa shape index (κ1) is 30.6. The van der Waals surface area contributed by atoms with Crippen LogP contribution >= 0.6 is 0 Å². The van der Waals surface area contributed by atoms with E-state index < -0.39 is 23.4 Å². The van der Waals surface area contributed by atoms with E-state index >= 15 is 0 Å². The Hall–Kier alpha value is -0.940. The first-order valence-electron chi connectivity index (χ1n) is 15.0. The van der Waals surface area contributed by atoms with Gasteiger partial charge >= 0.3 is 0 Å². The van der Waals surface area contributed by atoms with Gasteiger partial charge < -0.3 is 20.4 Å². The molecule has 37 heavy (non-hydrogen) atoms. The van der Waals surface area contributed by atoms with Crippen LogP contribution in [0.4, 0.5) is 0 Å². The standard InChI is InChI=1S/C33H56O4/c1-22(10-8-18-31(3,4)36)28-16-17-29-24(12-13-25-20-27(34)21-30(35)23(25)2)14-15-26(33(28,29)7)11-9-19-32(5,6)37/h12-13,22,26-30,34-37H,2,8-11,14-21H2,1,3-7H3/b24-12+,25-13-/t22-,26+,27-,28-,29+,30+,33-/m1/s1. The maximum atomic E-state index is 10.3. The fourth-order valence-electron chi connectivity index (χ4n) is 8.08. The lowest BCUT2D eigenvalue weighted by Gasteiger charge is -2.50. The van der Waals surface area contributed by atoms with Crippen molar-refractivity contribution in [2.24, 2.45) is 29.1 Å². The summed E-state index contributed by atoms with van der Waals surface area (Å²) in [7, 11) is 0. The summed E-state index contributed by atoms with van der Waals surface area (Å²) < 4.78 is 0. The molecule has 4 heteroatoms. The molecule has 0 aromatic rings. The molecule has 0 unspecified atom stereocenters. The normalized spacial score (nSPS) is 36.3. The Morgan fingerprint density at radius 1 is 1.00 bits per heavy atom. The Kier molecular flexibility index (Phi) is 9.98. The molecule has 7 atom stereocenters. The molecule has 0 amide bonds. The van der Waals surface area contributed by atoms with E-state index in [1.54, 1.807) is 0 Å². The van der Waals surface area contributed by atoms with Crippen molar-refractivity contribution in [1.82, 2.24) is 0 Å². The summed E-state index contributed by atoms with van der Waals surface area (Å²) in [4.78, 5) is 0. The number of fused-ring (bicyclic) bond motifs is 1. The number of hydrogen-bond donors (Lipinski definition) is 4. The Morgan fingerprint density at radius 2 is 1.65 bits per heavy atom. The number of hydrogen-bond acceptors (Lipinski definition) is 4. The van der Waals surface area contributed by atoms with Gasteiger partial charge in [-0.2, -0.15) is 0 Å². The van der Waals surface area contributed by atoms with E-state index in [-0.39, 0.29) is 5.41 Å². The lowest BCUT2D eigenvalue weighted by Crippen LogP contribution is -2.43. The summed E-state index contributed by atoms with van der Waals surface area (Å²) in [6.45, 7) is 16.8. The van der Waals surface area contributed by atoms with Gasteiger partial charge in [-0.15, -0.1) is 0 Å². The van der Waals surface area contributed by atoms with E-state index in [1.807, 2.05) is 27.7 Å². The molecular formula is C33H56O4. The highest BCUT2D eigenvalue weighted by molar-refractivity contribution is 5.38. The van der Waals surface area contributed by atoms with Crippen molar-refractivity contribution in [3.05, 3.63) is 35.5 Å². The zero-order valence-corrected chi connectivity index (χ0v) is 24.6. The summed E-state index contributed by atoms with van der Waals surface area (Å²) in [5.74, 6) is 2.49. The molecule has 0 aromatic carbocycles. The lowest BCUT2D eigenvalue weighted by molar-refractivity contribution is 0.0112. The van der Waals surface area contributed by atoms with Gasteiger partial charge in [0.2, 0.25) is 0 Å². The average Bonchev–Trinajstić information content (AvgIpc) is 3.12. The minimum Gasteiger partial charge on any atom is -0.393 e. The first-order valence-corrected chi connectivity index (χ1v) is 15.0. The second kappa shape index (κ2) is 12.1. The van der Waals surface area contributed by atoms with Crippen LogP contribution < -0.4 is 0 Å². The van der Waals surface area contributed by atoms with Gasteiger partial charge in [-0.3, -0.25) is 0 Å². The maximum absolute atomic E-state index is 10.3. The highest BCUT2D eigenvalue weighted by Gasteiger charge is 2.55. The topological polar surface area (TPSA) is 80.9 Å². The van der Waals surface area contributed by atoms with Crippen LogP contribution in [0, 0.1) is 29.1 Å². The fraction of sp³-hybridized carbons (Fsp3) is 0.818. The molecule has 0 heterocycles. The SMILES string of the molecule is C=C1/C(=C\C=C2/CC[C@H](CCCC(C)(C)O)[C@]3(C)[C@@H]([C@H](C)CCCC(C)(C)O)CC[C@@H]23)C[C@@H](O)C[C@@H]1O. The smallest absolute Gasteiger partial charge is 0.0811 e. The maximum Gasteiger partial charge on any atom is 0.0811 e. The Labute approximate surface area is 227 Å². The third-order valence-electron chi connectivity index (χ3n) is 10.2. The van der Waals surface area contributed by atoms with Crippen LogP contribution in [0.5, 0.6) is 0 Å². The zero-order chi connectivity index (χ0) is 27.6. The van der Waals surface area contributed by atoms with Gasteiger partial charge in [0.05, 0.1) is 23.4 Å². The molecule has 3 aliphatic carbocycles. The highest BCUT2D eigenvalue weighted by Crippen LogP contribution is 2.63. The quantitative estimate of drug-likeness (QED) is 0.255. The molecule has 3 saturated carbocycles. The summed E-state index contributed by atoms with van der Waals surface area (Å²) in [5, 5.41) is 41.0. The third kappa shape index (κ3) is 7.81. The number of aliphatic hydroxyl groups is 4. The molecule has 4 nitrogen and oxygen atoms in total. The predicted octanol–water partition coefficient (Wildman–Crippen LogP) is 6.87. The first-order chi connectivity index (χ1) is 17.1. The number of aliphatic hydroxyl groups excluding tert-OH is 2. The van der Waals surface area contributed by atoms with Crippen molar-refractivity contribution in [3.63, 3.8) is 0 Å². The van der Waals surface area contributed by atoms with Gasteiger partial charge in [-0.1, -0.05) is 57.4 Å².